The number of likely N-dealkylation sites (N-methyl/N-ethyl adjacent to an activating group) is 1. The molecule has 0 saturated heterocycles. The lowest BCUT2D eigenvalue weighted by Crippen LogP contribution is -2.65. The van der Waals surface area contributed by atoms with E-state index in [-0.39, 0.29) is 13.6 Å². The lowest BCUT2D eigenvalue weighted by molar-refractivity contribution is -1.01. The Morgan fingerprint density at radius 3 is 2.62 bits per heavy atom. The minimum atomic E-state index is -0.991. The molecule has 0 amide bonds. The van der Waals surface area contributed by atoms with Crippen molar-refractivity contribution in [2.75, 3.05) is 27.2 Å². The minimum absolute atomic E-state index is 0.245. The van der Waals surface area contributed by atoms with Crippen molar-refractivity contribution in [3.05, 3.63) is 46.5 Å². The first kappa shape index (κ1) is 14.7. The third-order valence-corrected chi connectivity index (χ3v) is 6.48. The van der Waals surface area contributed by atoms with E-state index in [9.17, 15) is 5.11 Å². The molecule has 0 bridgehead atoms. The summed E-state index contributed by atoms with van der Waals surface area (Å²) in [6.45, 7) is 2.08. The number of aliphatic hydroxyl groups is 1. The molecule has 6 heteroatoms. The van der Waals surface area contributed by atoms with Gasteiger partial charge in [0.25, 0.3) is 0 Å². The van der Waals surface area contributed by atoms with Crippen LogP contribution in [0.3, 0.4) is 0 Å². The Bertz CT molecular complexity index is 958. The van der Waals surface area contributed by atoms with Gasteiger partial charge in [0.05, 0.1) is 25.6 Å². The number of quaternary nitrogens is 1. The van der Waals surface area contributed by atoms with E-state index in [0.717, 1.165) is 58.2 Å². The van der Waals surface area contributed by atoms with Gasteiger partial charge in [-0.15, -0.1) is 0 Å². The van der Waals surface area contributed by atoms with Gasteiger partial charge in [0.15, 0.2) is 23.0 Å². The van der Waals surface area contributed by atoms with Crippen molar-refractivity contribution in [1.29, 1.82) is 0 Å². The van der Waals surface area contributed by atoms with Gasteiger partial charge in [-0.25, -0.2) is 0 Å². The van der Waals surface area contributed by atoms with Crippen LogP contribution < -0.4 is 18.9 Å². The van der Waals surface area contributed by atoms with Gasteiger partial charge in [-0.05, 0) is 29.3 Å². The molecule has 6 rings (SSSR count). The zero-order chi connectivity index (χ0) is 17.5. The molecule has 4 heterocycles. The minimum Gasteiger partial charge on any atom is -0.454 e. The summed E-state index contributed by atoms with van der Waals surface area (Å²) in [5.41, 5.74) is 3.40. The van der Waals surface area contributed by atoms with E-state index in [1.165, 1.54) is 0 Å². The summed E-state index contributed by atoms with van der Waals surface area (Å²) in [6, 6.07) is 8.02. The van der Waals surface area contributed by atoms with Crippen molar-refractivity contribution in [2.24, 2.45) is 0 Å². The van der Waals surface area contributed by atoms with Gasteiger partial charge in [0.1, 0.15) is 6.54 Å². The van der Waals surface area contributed by atoms with Crippen molar-refractivity contribution in [3.63, 3.8) is 0 Å². The molecule has 0 spiro atoms. The summed E-state index contributed by atoms with van der Waals surface area (Å²) in [4.78, 5) is 0. The quantitative estimate of drug-likeness (QED) is 0.734. The second-order valence-corrected chi connectivity index (χ2v) is 7.82. The molecule has 2 aromatic carbocycles. The molecule has 0 saturated carbocycles. The Balaban J connectivity index is 1.54. The molecule has 26 heavy (non-hydrogen) atoms. The standard InChI is InChI=1S/C20H20NO5/c1-21-5-4-12-6-17-18(25-10-24-17)7-15(12)20(21,22)8-13-2-3-16-19(14(13)9-21)26-11-23-16/h2-3,6-7,22H,4-5,8-11H2,1H3/q+1/t20-,21+/m0/s1. The van der Waals surface area contributed by atoms with Crippen LogP contribution in [0, 0.1) is 0 Å². The molecule has 0 unspecified atom stereocenters. The molecule has 4 aliphatic heterocycles. The maximum absolute atomic E-state index is 11.9. The van der Waals surface area contributed by atoms with Gasteiger partial charge < -0.3 is 24.1 Å². The topological polar surface area (TPSA) is 57.2 Å². The highest BCUT2D eigenvalue weighted by Crippen LogP contribution is 2.52. The Labute approximate surface area is 151 Å². The summed E-state index contributed by atoms with van der Waals surface area (Å²) < 4.78 is 22.9. The van der Waals surface area contributed by atoms with Crippen LogP contribution in [0.4, 0.5) is 0 Å². The van der Waals surface area contributed by atoms with Gasteiger partial charge in [-0.1, -0.05) is 6.07 Å². The van der Waals surface area contributed by atoms with Crippen molar-refractivity contribution in [2.45, 2.75) is 25.1 Å². The number of hydrogen-bond donors (Lipinski definition) is 1. The Morgan fingerprint density at radius 2 is 1.73 bits per heavy atom. The van der Waals surface area contributed by atoms with Gasteiger partial charge in [-0.3, -0.25) is 4.48 Å². The van der Waals surface area contributed by atoms with Gasteiger partial charge in [0, 0.05) is 12.0 Å². The smallest absolute Gasteiger partial charge is 0.232 e. The molecular weight excluding hydrogens is 334 g/mol. The molecule has 2 aromatic rings. The predicted molar refractivity (Wildman–Crippen MR) is 91.2 cm³/mol. The Hall–Kier alpha value is -2.44. The summed E-state index contributed by atoms with van der Waals surface area (Å²) in [6.07, 6.45) is 1.44. The van der Waals surface area contributed by atoms with Crippen LogP contribution in [-0.4, -0.2) is 36.8 Å². The Kier molecular flexibility index (Phi) is 2.62. The van der Waals surface area contributed by atoms with E-state index in [0.29, 0.717) is 17.4 Å². The maximum Gasteiger partial charge on any atom is 0.232 e. The molecule has 0 aromatic heterocycles. The molecule has 6 nitrogen and oxygen atoms in total. The first-order valence-corrected chi connectivity index (χ1v) is 8.98. The lowest BCUT2D eigenvalue weighted by Gasteiger charge is -2.53. The summed E-state index contributed by atoms with van der Waals surface area (Å²) in [7, 11) is 2.13. The third-order valence-electron chi connectivity index (χ3n) is 6.48. The van der Waals surface area contributed by atoms with Crippen LogP contribution in [0.15, 0.2) is 24.3 Å². The monoisotopic (exact) mass is 354 g/mol. The summed E-state index contributed by atoms with van der Waals surface area (Å²) in [5, 5.41) is 11.9. The van der Waals surface area contributed by atoms with Crippen molar-refractivity contribution in [1.82, 2.24) is 0 Å². The highest BCUT2D eigenvalue weighted by molar-refractivity contribution is 5.55. The van der Waals surface area contributed by atoms with Crippen LogP contribution >= 0.6 is 0 Å². The van der Waals surface area contributed by atoms with Crippen LogP contribution in [0.5, 0.6) is 23.0 Å². The highest BCUT2D eigenvalue weighted by atomic mass is 16.7. The lowest BCUT2D eigenvalue weighted by atomic mass is 9.78. The molecule has 2 atom stereocenters. The molecule has 0 aliphatic carbocycles. The van der Waals surface area contributed by atoms with Crippen LogP contribution in [-0.2, 0) is 25.1 Å². The van der Waals surface area contributed by atoms with Gasteiger partial charge in [0.2, 0.25) is 19.3 Å². The van der Waals surface area contributed by atoms with Crippen molar-refractivity contribution in [3.8, 4) is 23.0 Å². The number of fused-ring (bicyclic) bond motifs is 7. The number of hydrogen-bond acceptors (Lipinski definition) is 5. The largest absolute Gasteiger partial charge is 0.454 e. The third kappa shape index (κ3) is 1.68. The first-order valence-electron chi connectivity index (χ1n) is 8.98. The second-order valence-electron chi connectivity index (χ2n) is 7.82. The molecule has 134 valence electrons. The Morgan fingerprint density at radius 1 is 0.962 bits per heavy atom. The molecule has 4 aliphatic rings. The average Bonchev–Trinajstić information content (AvgIpc) is 3.28. The fraction of sp³-hybridized carbons (Fsp3) is 0.400. The second kappa shape index (κ2) is 4.64. The van der Waals surface area contributed by atoms with Crippen LogP contribution in [0.2, 0.25) is 0 Å². The normalized spacial score (nSPS) is 29.8. The van der Waals surface area contributed by atoms with Crippen molar-refractivity contribution < 1.29 is 28.5 Å². The predicted octanol–water partition coefficient (Wildman–Crippen LogP) is 2.05. The average molecular weight is 354 g/mol. The maximum atomic E-state index is 11.9. The van der Waals surface area contributed by atoms with E-state index < -0.39 is 5.72 Å². The zero-order valence-corrected chi connectivity index (χ0v) is 14.6. The number of nitrogens with zero attached hydrogens (tertiary/aromatic N) is 1. The SMILES string of the molecule is C[N@+]12CCc3cc4c(cc3[C@@]1(O)Cc1ccc3c(c1C2)OCO3)OCO4. The fourth-order valence-corrected chi connectivity index (χ4v) is 4.93. The first-order chi connectivity index (χ1) is 12.6. The summed E-state index contributed by atoms with van der Waals surface area (Å²) >= 11 is 0. The van der Waals surface area contributed by atoms with E-state index in [4.69, 9.17) is 18.9 Å². The van der Waals surface area contributed by atoms with Crippen LogP contribution in [0.25, 0.3) is 0 Å². The van der Waals surface area contributed by atoms with Gasteiger partial charge >= 0.3 is 0 Å². The van der Waals surface area contributed by atoms with Crippen LogP contribution in [0.1, 0.15) is 22.3 Å². The van der Waals surface area contributed by atoms with E-state index in [2.05, 4.69) is 13.1 Å². The van der Waals surface area contributed by atoms with E-state index >= 15 is 0 Å². The molecule has 0 radical (unpaired) electrons. The number of benzene rings is 2. The molecule has 1 N–H and O–H groups in total. The number of ether oxygens (including phenoxy) is 4. The summed E-state index contributed by atoms with van der Waals surface area (Å²) in [5.74, 6) is 3.16. The molecule has 0 fully saturated rings. The van der Waals surface area contributed by atoms with E-state index in [1.807, 2.05) is 18.2 Å². The van der Waals surface area contributed by atoms with Crippen molar-refractivity contribution >= 4 is 0 Å². The highest BCUT2D eigenvalue weighted by Gasteiger charge is 2.56. The number of rotatable bonds is 0. The van der Waals surface area contributed by atoms with E-state index in [1.54, 1.807) is 0 Å². The zero-order valence-electron chi connectivity index (χ0n) is 14.6. The van der Waals surface area contributed by atoms with Gasteiger partial charge in [-0.2, -0.15) is 0 Å². The molecular formula is C20H20NO5+. The fourth-order valence-electron chi connectivity index (χ4n) is 4.93.